The van der Waals surface area contributed by atoms with E-state index >= 15 is 0 Å². The van der Waals surface area contributed by atoms with Crippen LogP contribution in [0.3, 0.4) is 0 Å². The van der Waals surface area contributed by atoms with Gasteiger partial charge in [0.1, 0.15) is 11.4 Å². The molecule has 2 aromatic rings. The number of piperidine rings is 1. The van der Waals surface area contributed by atoms with E-state index in [0.29, 0.717) is 31.8 Å². The van der Waals surface area contributed by atoms with Crippen molar-refractivity contribution in [2.45, 2.75) is 76.1 Å². The number of aromatic nitrogens is 2. The van der Waals surface area contributed by atoms with E-state index in [2.05, 4.69) is 22.1 Å². The lowest BCUT2D eigenvalue weighted by molar-refractivity contribution is -0.143. The van der Waals surface area contributed by atoms with Crippen LogP contribution in [-0.2, 0) is 17.4 Å². The summed E-state index contributed by atoms with van der Waals surface area (Å²) in [6.07, 6.45) is 3.11. The van der Waals surface area contributed by atoms with E-state index in [1.165, 1.54) is 6.20 Å². The molecule has 3 aliphatic rings. The molecule has 0 amide bonds. The summed E-state index contributed by atoms with van der Waals surface area (Å²) in [6.45, 7) is 4.74. The Hall–Kier alpha value is -2.68. The van der Waals surface area contributed by atoms with E-state index in [-0.39, 0.29) is 17.2 Å². The first kappa shape index (κ1) is 25.0. The summed E-state index contributed by atoms with van der Waals surface area (Å²) in [5.41, 5.74) is 0.835. The van der Waals surface area contributed by atoms with Crippen LogP contribution in [0, 0.1) is 11.8 Å². The number of alkyl halides is 3. The maximum Gasteiger partial charge on any atom is 0.435 e. The summed E-state index contributed by atoms with van der Waals surface area (Å²) in [6, 6.07) is 5.67. The molecule has 194 valence electrons. The molecule has 1 aliphatic carbocycles. The van der Waals surface area contributed by atoms with Gasteiger partial charge in [-0.15, -0.1) is 0 Å². The third-order valence-electron chi connectivity index (χ3n) is 8.36. The number of aryl methyl sites for hydroxylation is 1. The van der Waals surface area contributed by atoms with Gasteiger partial charge in [0.2, 0.25) is 0 Å². The van der Waals surface area contributed by atoms with Crippen molar-refractivity contribution in [2.24, 2.45) is 11.8 Å². The highest BCUT2D eigenvalue weighted by Gasteiger charge is 2.44. The van der Waals surface area contributed by atoms with E-state index < -0.39 is 29.8 Å². The van der Waals surface area contributed by atoms with E-state index in [1.807, 2.05) is 11.0 Å². The molecule has 1 spiro atoms. The predicted molar refractivity (Wildman–Crippen MR) is 127 cm³/mol. The van der Waals surface area contributed by atoms with Gasteiger partial charge in [-0.2, -0.15) is 13.2 Å². The Morgan fingerprint density at radius 3 is 2.47 bits per heavy atom. The molecular weight excluding hydrogens is 471 g/mol. The molecule has 2 fully saturated rings. The first-order valence-electron chi connectivity index (χ1n) is 12.7. The van der Waals surface area contributed by atoms with Gasteiger partial charge in [-0.1, -0.05) is 19.1 Å². The van der Waals surface area contributed by atoms with Crippen LogP contribution >= 0.6 is 0 Å². The molecule has 5 rings (SSSR count). The maximum absolute atomic E-state index is 13.5. The number of carboxylic acids is 1. The predicted octanol–water partition coefficient (Wildman–Crippen LogP) is 5.63. The largest absolute Gasteiger partial charge is 0.487 e. The van der Waals surface area contributed by atoms with Crippen LogP contribution in [0.2, 0.25) is 0 Å². The Kier molecular flexibility index (Phi) is 6.47. The standard InChI is InChI=1S/C27H32F3N3O3/c1-16(25(34)35)22(19-4-5-19)20-6-3-18-7-8-26(36-21(18)15-20)9-13-33(14-10-26)17(2)23-24(27(28,29)30)32-12-11-31-23/h3,6,11-12,15-17,19,22H,4-5,7-10,13-14H2,1-2H3,(H,34,35)/t16-,17-,22?/m0/s1. The lowest BCUT2D eigenvalue weighted by atomic mass is 9.80. The van der Waals surface area contributed by atoms with Crippen molar-refractivity contribution < 1.29 is 27.8 Å². The number of nitrogens with zero attached hydrogens (tertiary/aromatic N) is 3. The van der Waals surface area contributed by atoms with Gasteiger partial charge < -0.3 is 9.84 Å². The van der Waals surface area contributed by atoms with Crippen molar-refractivity contribution in [1.29, 1.82) is 0 Å². The normalized spacial score (nSPS) is 22.4. The van der Waals surface area contributed by atoms with E-state index in [1.54, 1.807) is 13.8 Å². The second kappa shape index (κ2) is 9.32. The molecule has 3 atom stereocenters. The smallest absolute Gasteiger partial charge is 0.435 e. The number of rotatable bonds is 6. The molecule has 9 heteroatoms. The zero-order valence-electron chi connectivity index (χ0n) is 20.6. The number of hydrogen-bond donors (Lipinski definition) is 1. The highest BCUT2D eigenvalue weighted by atomic mass is 19.4. The average Bonchev–Trinajstić information content (AvgIpc) is 3.68. The molecule has 0 bridgehead atoms. The molecule has 0 radical (unpaired) electrons. The van der Waals surface area contributed by atoms with Crippen LogP contribution in [0.25, 0.3) is 0 Å². The zero-order chi connectivity index (χ0) is 25.7. The fourth-order valence-corrected chi connectivity index (χ4v) is 6.02. The van der Waals surface area contributed by atoms with Crippen molar-refractivity contribution in [3.8, 4) is 5.75 Å². The van der Waals surface area contributed by atoms with Gasteiger partial charge in [0, 0.05) is 25.5 Å². The van der Waals surface area contributed by atoms with Crippen molar-refractivity contribution in [1.82, 2.24) is 14.9 Å². The summed E-state index contributed by atoms with van der Waals surface area (Å²) in [7, 11) is 0. The maximum atomic E-state index is 13.5. The topological polar surface area (TPSA) is 75.6 Å². The molecule has 1 aromatic carbocycles. The Morgan fingerprint density at radius 2 is 1.83 bits per heavy atom. The zero-order valence-corrected chi connectivity index (χ0v) is 20.6. The van der Waals surface area contributed by atoms with Gasteiger partial charge in [0.25, 0.3) is 0 Å². The molecule has 1 aromatic heterocycles. The highest BCUT2D eigenvalue weighted by molar-refractivity contribution is 5.71. The van der Waals surface area contributed by atoms with Crippen LogP contribution in [0.4, 0.5) is 13.2 Å². The van der Waals surface area contributed by atoms with Gasteiger partial charge in [-0.05, 0) is 74.5 Å². The van der Waals surface area contributed by atoms with Gasteiger partial charge in [0.15, 0.2) is 5.69 Å². The van der Waals surface area contributed by atoms with Crippen LogP contribution in [0.1, 0.15) is 80.4 Å². The third kappa shape index (κ3) is 4.82. The Labute approximate surface area is 208 Å². The van der Waals surface area contributed by atoms with Gasteiger partial charge in [0.05, 0.1) is 17.7 Å². The Morgan fingerprint density at radius 1 is 1.14 bits per heavy atom. The summed E-state index contributed by atoms with van der Waals surface area (Å²) < 4.78 is 47.0. The first-order chi connectivity index (χ1) is 17.1. The molecule has 1 N–H and O–H groups in total. The number of hydrogen-bond acceptors (Lipinski definition) is 5. The molecule has 36 heavy (non-hydrogen) atoms. The molecular formula is C27H32F3N3O3. The van der Waals surface area contributed by atoms with Crippen molar-refractivity contribution in [3.05, 3.63) is 53.1 Å². The number of carbonyl (C=O) groups is 1. The second-order valence-corrected chi connectivity index (χ2v) is 10.6. The van der Waals surface area contributed by atoms with E-state index in [4.69, 9.17) is 4.74 Å². The number of aliphatic carboxylic acids is 1. The Balaban J connectivity index is 1.31. The summed E-state index contributed by atoms with van der Waals surface area (Å²) in [4.78, 5) is 21.3. The molecule has 1 saturated carbocycles. The van der Waals surface area contributed by atoms with Crippen LogP contribution < -0.4 is 4.74 Å². The molecule has 3 heterocycles. The number of halogens is 3. The fourth-order valence-electron chi connectivity index (χ4n) is 6.02. The van der Waals surface area contributed by atoms with Gasteiger partial charge in [-0.25, -0.2) is 4.98 Å². The highest BCUT2D eigenvalue weighted by Crippen LogP contribution is 2.49. The first-order valence-corrected chi connectivity index (χ1v) is 12.7. The quantitative estimate of drug-likeness (QED) is 0.551. The van der Waals surface area contributed by atoms with E-state index in [9.17, 15) is 23.1 Å². The Bertz CT molecular complexity index is 1130. The average molecular weight is 504 g/mol. The summed E-state index contributed by atoms with van der Waals surface area (Å²) >= 11 is 0. The minimum atomic E-state index is -4.54. The number of carboxylic acid groups (broad SMARTS) is 1. The van der Waals surface area contributed by atoms with Crippen LogP contribution in [-0.4, -0.2) is 44.6 Å². The van der Waals surface area contributed by atoms with Crippen molar-refractivity contribution in [3.63, 3.8) is 0 Å². The third-order valence-corrected chi connectivity index (χ3v) is 8.36. The number of benzene rings is 1. The van der Waals surface area contributed by atoms with Crippen LogP contribution in [0.5, 0.6) is 5.75 Å². The van der Waals surface area contributed by atoms with Crippen LogP contribution in [0.15, 0.2) is 30.6 Å². The monoisotopic (exact) mass is 503 g/mol. The molecule has 1 unspecified atom stereocenters. The SMILES string of the molecule is C[C@H](C(=O)O)C(c1ccc2c(c1)OC1(CC2)CCN([C@@H](C)c2nccnc2C(F)(F)F)CC1)C1CC1. The fraction of sp³-hybridized carbons (Fsp3) is 0.593. The van der Waals surface area contributed by atoms with Crippen molar-refractivity contribution >= 4 is 5.97 Å². The van der Waals surface area contributed by atoms with E-state index in [0.717, 1.165) is 48.8 Å². The molecule has 2 aliphatic heterocycles. The van der Waals surface area contributed by atoms with Crippen molar-refractivity contribution in [2.75, 3.05) is 13.1 Å². The number of fused-ring (bicyclic) bond motifs is 1. The summed E-state index contributed by atoms with van der Waals surface area (Å²) in [5.74, 6) is -0.0246. The number of ether oxygens (including phenoxy) is 1. The number of likely N-dealkylation sites (tertiary alicyclic amines) is 1. The van der Waals surface area contributed by atoms with Gasteiger partial charge in [-0.3, -0.25) is 14.7 Å². The summed E-state index contributed by atoms with van der Waals surface area (Å²) in [5, 5.41) is 9.63. The minimum absolute atomic E-state index is 0.0215. The lowest BCUT2D eigenvalue weighted by Gasteiger charge is -2.46. The second-order valence-electron chi connectivity index (χ2n) is 10.6. The lowest BCUT2D eigenvalue weighted by Crippen LogP contribution is -2.50. The molecule has 6 nitrogen and oxygen atoms in total. The van der Waals surface area contributed by atoms with Gasteiger partial charge >= 0.3 is 12.1 Å². The minimum Gasteiger partial charge on any atom is -0.487 e. The molecule has 1 saturated heterocycles.